The van der Waals surface area contributed by atoms with Crippen molar-refractivity contribution in [2.45, 2.75) is 19.3 Å². The van der Waals surface area contributed by atoms with Gasteiger partial charge in [0.1, 0.15) is 0 Å². The fourth-order valence-electron chi connectivity index (χ4n) is 2.44. The summed E-state index contributed by atoms with van der Waals surface area (Å²) in [6.45, 7) is 0. The molecular weight excluding hydrogens is 262 g/mol. The van der Waals surface area contributed by atoms with E-state index in [9.17, 15) is 4.79 Å². The lowest BCUT2D eigenvalue weighted by atomic mass is 10.1. The molecule has 0 bridgehead atoms. The first-order valence-corrected chi connectivity index (χ1v) is 7.15. The lowest BCUT2D eigenvalue weighted by Gasteiger charge is -2.08. The molecule has 3 rings (SSSR count). The van der Waals surface area contributed by atoms with E-state index in [2.05, 4.69) is 27.4 Å². The molecule has 0 aliphatic heterocycles. The Morgan fingerprint density at radius 2 is 1.95 bits per heavy atom. The smallest absolute Gasteiger partial charge is 0.225 e. The number of anilines is 1. The van der Waals surface area contributed by atoms with E-state index in [1.165, 1.54) is 0 Å². The molecule has 1 aliphatic carbocycles. The molecule has 1 heterocycles. The summed E-state index contributed by atoms with van der Waals surface area (Å²) < 4.78 is 0. The minimum atomic E-state index is 0.0163. The Morgan fingerprint density at radius 1 is 1.19 bits per heavy atom. The van der Waals surface area contributed by atoms with Gasteiger partial charge in [0, 0.05) is 12.0 Å². The van der Waals surface area contributed by atoms with Gasteiger partial charge in [-0.3, -0.25) is 4.79 Å². The second-order valence-corrected chi connectivity index (χ2v) is 5.18. The van der Waals surface area contributed by atoms with E-state index in [-0.39, 0.29) is 5.91 Å². The van der Waals surface area contributed by atoms with Gasteiger partial charge in [0.25, 0.3) is 0 Å². The van der Waals surface area contributed by atoms with Crippen molar-refractivity contribution in [3.8, 4) is 11.4 Å². The van der Waals surface area contributed by atoms with Crippen LogP contribution >= 0.6 is 0 Å². The normalized spacial score (nSPS) is 16.9. The molecule has 1 N–H and O–H groups in total. The van der Waals surface area contributed by atoms with Crippen LogP contribution in [0.15, 0.2) is 54.9 Å². The highest BCUT2D eigenvalue weighted by molar-refractivity contribution is 5.90. The second kappa shape index (κ2) is 6.31. The van der Waals surface area contributed by atoms with Gasteiger partial charge < -0.3 is 5.32 Å². The molecule has 1 amide bonds. The minimum absolute atomic E-state index is 0.0163. The Balaban J connectivity index is 1.62. The van der Waals surface area contributed by atoms with Gasteiger partial charge in [-0.15, -0.1) is 0 Å². The summed E-state index contributed by atoms with van der Waals surface area (Å²) in [5.74, 6) is 1.05. The first kappa shape index (κ1) is 13.5. The number of rotatable bonds is 4. The summed E-state index contributed by atoms with van der Waals surface area (Å²) in [6, 6.07) is 9.77. The molecule has 21 heavy (non-hydrogen) atoms. The number of carbonyl (C=O) groups is 1. The zero-order valence-corrected chi connectivity index (χ0v) is 11.7. The van der Waals surface area contributed by atoms with E-state index < -0.39 is 0 Å². The van der Waals surface area contributed by atoms with Crippen LogP contribution in [0.5, 0.6) is 0 Å². The molecular formula is C17H17N3O. The quantitative estimate of drug-likeness (QED) is 0.872. The van der Waals surface area contributed by atoms with Crippen LogP contribution in [0.3, 0.4) is 0 Å². The molecule has 1 aromatic carbocycles. The van der Waals surface area contributed by atoms with E-state index in [1.807, 2.05) is 30.3 Å². The van der Waals surface area contributed by atoms with Crippen molar-refractivity contribution >= 4 is 11.6 Å². The second-order valence-electron chi connectivity index (χ2n) is 5.18. The van der Waals surface area contributed by atoms with Gasteiger partial charge in [-0.1, -0.05) is 42.5 Å². The summed E-state index contributed by atoms with van der Waals surface area (Å²) in [5.41, 5.74) is 1.60. The topological polar surface area (TPSA) is 54.9 Å². The average Bonchev–Trinajstić information content (AvgIpc) is 3.02. The monoisotopic (exact) mass is 279 g/mol. The molecule has 0 radical (unpaired) electrons. The largest absolute Gasteiger partial charge is 0.323 e. The summed E-state index contributed by atoms with van der Waals surface area (Å²) in [6.07, 6.45) is 10.2. The molecule has 2 aromatic rings. The number of hydrogen-bond acceptors (Lipinski definition) is 3. The molecule has 0 saturated carbocycles. The average molecular weight is 279 g/mol. The van der Waals surface area contributed by atoms with Crippen molar-refractivity contribution < 1.29 is 4.79 Å². The third-order valence-electron chi connectivity index (χ3n) is 3.53. The highest BCUT2D eigenvalue weighted by atomic mass is 16.1. The van der Waals surface area contributed by atoms with Gasteiger partial charge in [-0.05, 0) is 18.8 Å². The van der Waals surface area contributed by atoms with Crippen molar-refractivity contribution in [1.82, 2.24) is 9.97 Å². The number of nitrogens with zero attached hydrogens (tertiary/aromatic N) is 2. The molecule has 0 fully saturated rings. The number of amides is 1. The van der Waals surface area contributed by atoms with Crippen molar-refractivity contribution in [1.29, 1.82) is 0 Å². The molecule has 0 spiro atoms. The Morgan fingerprint density at radius 3 is 2.62 bits per heavy atom. The maximum absolute atomic E-state index is 11.9. The van der Waals surface area contributed by atoms with Gasteiger partial charge in [0.15, 0.2) is 5.82 Å². The molecule has 4 heteroatoms. The number of nitrogens with one attached hydrogen (secondary N) is 1. The van der Waals surface area contributed by atoms with E-state index in [1.54, 1.807) is 12.4 Å². The Labute approximate surface area is 123 Å². The SMILES string of the molecule is O=C(C[C@H]1C=CCC1)Nc1cnc(-c2ccccc2)nc1. The first-order valence-electron chi connectivity index (χ1n) is 7.15. The molecule has 1 atom stereocenters. The van der Waals surface area contributed by atoms with Gasteiger partial charge in [-0.25, -0.2) is 9.97 Å². The van der Waals surface area contributed by atoms with Crippen molar-refractivity contribution in [2.24, 2.45) is 5.92 Å². The summed E-state index contributed by atoms with van der Waals surface area (Å²) in [7, 11) is 0. The predicted molar refractivity (Wildman–Crippen MR) is 82.6 cm³/mol. The summed E-state index contributed by atoms with van der Waals surface area (Å²) in [4.78, 5) is 20.5. The van der Waals surface area contributed by atoms with Crippen molar-refractivity contribution in [3.05, 3.63) is 54.9 Å². The molecule has 4 nitrogen and oxygen atoms in total. The highest BCUT2D eigenvalue weighted by Crippen LogP contribution is 2.21. The zero-order valence-electron chi connectivity index (χ0n) is 11.7. The maximum Gasteiger partial charge on any atom is 0.225 e. The van der Waals surface area contributed by atoms with Crippen LogP contribution < -0.4 is 5.32 Å². The van der Waals surface area contributed by atoms with Crippen LogP contribution in [0.1, 0.15) is 19.3 Å². The Bertz CT molecular complexity index is 635. The van der Waals surface area contributed by atoms with Crippen LogP contribution in [-0.4, -0.2) is 15.9 Å². The fourth-order valence-corrected chi connectivity index (χ4v) is 2.44. The van der Waals surface area contributed by atoms with Gasteiger partial charge in [0.05, 0.1) is 18.1 Å². The summed E-state index contributed by atoms with van der Waals surface area (Å²) >= 11 is 0. The van der Waals surface area contributed by atoms with Gasteiger partial charge in [-0.2, -0.15) is 0 Å². The fraction of sp³-hybridized carbons (Fsp3) is 0.235. The number of allylic oxidation sites excluding steroid dienone is 2. The van der Waals surface area contributed by atoms with Crippen LogP contribution in [-0.2, 0) is 4.79 Å². The van der Waals surface area contributed by atoms with E-state index in [0.29, 0.717) is 23.9 Å². The van der Waals surface area contributed by atoms with Crippen molar-refractivity contribution in [2.75, 3.05) is 5.32 Å². The molecule has 1 aliphatic rings. The zero-order chi connectivity index (χ0) is 14.5. The van der Waals surface area contributed by atoms with E-state index in [0.717, 1.165) is 18.4 Å². The van der Waals surface area contributed by atoms with Crippen LogP contribution in [0.4, 0.5) is 5.69 Å². The lowest BCUT2D eigenvalue weighted by Crippen LogP contribution is -2.15. The Kier molecular flexibility index (Phi) is 4.05. The maximum atomic E-state index is 11.9. The van der Waals surface area contributed by atoms with Crippen LogP contribution in [0.2, 0.25) is 0 Å². The van der Waals surface area contributed by atoms with Gasteiger partial charge in [0.2, 0.25) is 5.91 Å². The summed E-state index contributed by atoms with van der Waals surface area (Å²) in [5, 5.41) is 2.85. The molecule has 0 unspecified atom stereocenters. The van der Waals surface area contributed by atoms with Crippen LogP contribution in [0.25, 0.3) is 11.4 Å². The number of benzene rings is 1. The predicted octanol–water partition coefficient (Wildman–Crippen LogP) is 3.44. The third-order valence-corrected chi connectivity index (χ3v) is 3.53. The standard InChI is InChI=1S/C17H17N3O/c21-16(10-13-6-4-5-7-13)20-15-11-18-17(19-12-15)14-8-2-1-3-9-14/h1-4,6,8-9,11-13H,5,7,10H2,(H,20,21)/t13-/m0/s1. The van der Waals surface area contributed by atoms with Crippen LogP contribution in [0, 0.1) is 5.92 Å². The minimum Gasteiger partial charge on any atom is -0.323 e. The van der Waals surface area contributed by atoms with E-state index in [4.69, 9.17) is 0 Å². The molecule has 1 aromatic heterocycles. The molecule has 106 valence electrons. The Hall–Kier alpha value is -2.49. The highest BCUT2D eigenvalue weighted by Gasteiger charge is 2.14. The third kappa shape index (κ3) is 3.54. The lowest BCUT2D eigenvalue weighted by molar-refractivity contribution is -0.116. The van der Waals surface area contributed by atoms with E-state index >= 15 is 0 Å². The number of hydrogen-bond donors (Lipinski definition) is 1. The molecule has 0 saturated heterocycles. The van der Waals surface area contributed by atoms with Crippen molar-refractivity contribution in [3.63, 3.8) is 0 Å². The number of aromatic nitrogens is 2. The first-order chi connectivity index (χ1) is 10.3. The van der Waals surface area contributed by atoms with Gasteiger partial charge >= 0.3 is 0 Å². The number of carbonyl (C=O) groups excluding carboxylic acids is 1.